The molecule has 2 aromatic heterocycles. The van der Waals surface area contributed by atoms with Gasteiger partial charge in [0.05, 0.1) is 16.9 Å². The van der Waals surface area contributed by atoms with Crippen molar-refractivity contribution in [3.63, 3.8) is 0 Å². The summed E-state index contributed by atoms with van der Waals surface area (Å²) in [5.41, 5.74) is 1.17. The molecule has 0 bridgehead atoms. The van der Waals surface area contributed by atoms with E-state index in [0.29, 0.717) is 56.8 Å². The van der Waals surface area contributed by atoms with Crippen molar-refractivity contribution < 1.29 is 13.2 Å². The second-order valence-electron chi connectivity index (χ2n) is 8.73. The van der Waals surface area contributed by atoms with E-state index in [1.807, 2.05) is 13.0 Å². The van der Waals surface area contributed by atoms with Gasteiger partial charge in [-0.15, -0.1) is 11.3 Å². The van der Waals surface area contributed by atoms with E-state index in [2.05, 4.69) is 4.90 Å². The number of benzene rings is 1. The van der Waals surface area contributed by atoms with Crippen LogP contribution < -0.4 is 10.3 Å². The lowest BCUT2D eigenvalue weighted by Crippen LogP contribution is -2.49. The fourth-order valence-electron chi connectivity index (χ4n) is 4.83. The number of thiophene rings is 1. The summed E-state index contributed by atoms with van der Waals surface area (Å²) in [4.78, 5) is 22.9. The molecule has 0 N–H and O–H groups in total. The molecule has 1 saturated heterocycles. The van der Waals surface area contributed by atoms with E-state index in [9.17, 15) is 13.2 Å². The Bertz CT molecular complexity index is 1330. The van der Waals surface area contributed by atoms with Gasteiger partial charge < -0.3 is 4.74 Å². The van der Waals surface area contributed by atoms with Crippen LogP contribution in [-0.4, -0.2) is 66.5 Å². The monoisotopic (exact) mass is 502 g/mol. The van der Waals surface area contributed by atoms with Crippen molar-refractivity contribution in [1.82, 2.24) is 18.8 Å². The third-order valence-electron chi connectivity index (χ3n) is 6.67. The van der Waals surface area contributed by atoms with Gasteiger partial charge in [-0.25, -0.2) is 8.42 Å². The smallest absolute Gasteiger partial charge is 0.300 e. The van der Waals surface area contributed by atoms with E-state index >= 15 is 0 Å². The SMILES string of the molecule is CCOc1nc2sc3c(c2c(=O)n1CCN1CCN(S(=O)(=O)c2ccccc2)CC1)CCCC3. The molecule has 0 unspecified atom stereocenters. The molecule has 0 radical (unpaired) electrons. The van der Waals surface area contributed by atoms with Gasteiger partial charge in [-0.3, -0.25) is 14.3 Å². The Morgan fingerprint density at radius 2 is 1.76 bits per heavy atom. The summed E-state index contributed by atoms with van der Waals surface area (Å²) >= 11 is 1.63. The average Bonchev–Trinajstić information content (AvgIpc) is 3.23. The van der Waals surface area contributed by atoms with Crippen LogP contribution in [-0.2, 0) is 29.4 Å². The first-order chi connectivity index (χ1) is 16.5. The maximum atomic E-state index is 13.5. The molecule has 1 aromatic carbocycles. The normalized spacial score (nSPS) is 17.7. The number of hydrogen-bond acceptors (Lipinski definition) is 7. The zero-order valence-corrected chi connectivity index (χ0v) is 21.0. The number of fused-ring (bicyclic) bond motifs is 3. The number of aromatic nitrogens is 2. The summed E-state index contributed by atoms with van der Waals surface area (Å²) in [5.74, 6) is 0. The quantitative estimate of drug-likeness (QED) is 0.494. The highest BCUT2D eigenvalue weighted by molar-refractivity contribution is 7.89. The summed E-state index contributed by atoms with van der Waals surface area (Å²) in [6.07, 6.45) is 4.24. The second kappa shape index (κ2) is 9.77. The molecule has 1 aliphatic carbocycles. The van der Waals surface area contributed by atoms with Gasteiger partial charge in [0.1, 0.15) is 4.83 Å². The second-order valence-corrected chi connectivity index (χ2v) is 11.8. The van der Waals surface area contributed by atoms with Gasteiger partial charge in [-0.2, -0.15) is 9.29 Å². The molecule has 1 fully saturated rings. The van der Waals surface area contributed by atoms with Gasteiger partial charge in [-0.05, 0) is 50.3 Å². The predicted molar refractivity (Wildman–Crippen MR) is 133 cm³/mol. The van der Waals surface area contributed by atoms with Crippen LogP contribution in [0, 0.1) is 0 Å². The molecule has 0 amide bonds. The number of sulfonamides is 1. The topological polar surface area (TPSA) is 84.7 Å². The van der Waals surface area contributed by atoms with Crippen LogP contribution in [0.4, 0.5) is 0 Å². The maximum Gasteiger partial charge on any atom is 0.300 e. The third-order valence-corrected chi connectivity index (χ3v) is 9.76. The number of rotatable bonds is 7. The summed E-state index contributed by atoms with van der Waals surface area (Å²) in [7, 11) is -3.48. The molecule has 0 atom stereocenters. The van der Waals surface area contributed by atoms with Crippen LogP contribution in [0.25, 0.3) is 10.2 Å². The van der Waals surface area contributed by atoms with Crippen molar-refractivity contribution in [1.29, 1.82) is 0 Å². The van der Waals surface area contributed by atoms with Gasteiger partial charge in [-0.1, -0.05) is 18.2 Å². The van der Waals surface area contributed by atoms with Crippen molar-refractivity contribution >= 4 is 31.6 Å². The lowest BCUT2D eigenvalue weighted by Gasteiger charge is -2.34. The van der Waals surface area contributed by atoms with Crippen molar-refractivity contribution in [3.8, 4) is 6.01 Å². The van der Waals surface area contributed by atoms with Crippen LogP contribution in [0.15, 0.2) is 40.0 Å². The maximum absolute atomic E-state index is 13.5. The molecule has 0 spiro atoms. The highest BCUT2D eigenvalue weighted by Gasteiger charge is 2.29. The molecule has 10 heteroatoms. The first-order valence-corrected chi connectivity index (χ1v) is 14.2. The average molecular weight is 503 g/mol. The Labute approximate surface area is 203 Å². The lowest BCUT2D eigenvalue weighted by molar-refractivity contribution is 0.178. The van der Waals surface area contributed by atoms with E-state index in [-0.39, 0.29) is 5.56 Å². The number of aryl methyl sites for hydroxylation is 2. The highest BCUT2D eigenvalue weighted by Crippen LogP contribution is 2.34. The van der Waals surface area contributed by atoms with Gasteiger partial charge in [0.2, 0.25) is 10.0 Å². The molecule has 3 heterocycles. The standard InChI is InChI=1S/C24H30N4O4S2/c1-2-32-24-25-22-21(19-10-6-7-11-20(19)33-22)23(29)28(24)17-14-26-12-15-27(16-13-26)34(30,31)18-8-4-3-5-9-18/h3-5,8-9H,2,6-7,10-17H2,1H3. The van der Waals surface area contributed by atoms with Gasteiger partial charge in [0.25, 0.3) is 5.56 Å². The van der Waals surface area contributed by atoms with E-state index in [0.717, 1.165) is 35.9 Å². The molecular formula is C24H30N4O4S2. The molecule has 8 nitrogen and oxygen atoms in total. The van der Waals surface area contributed by atoms with Crippen LogP contribution in [0.5, 0.6) is 6.01 Å². The minimum atomic E-state index is -3.48. The number of piperazine rings is 1. The molecule has 182 valence electrons. The van der Waals surface area contributed by atoms with Crippen molar-refractivity contribution in [3.05, 3.63) is 51.1 Å². The predicted octanol–water partition coefficient (Wildman–Crippen LogP) is 2.74. The highest BCUT2D eigenvalue weighted by atomic mass is 32.2. The summed E-state index contributed by atoms with van der Waals surface area (Å²) in [6, 6.07) is 8.95. The number of ether oxygens (including phenoxy) is 1. The first-order valence-electron chi connectivity index (χ1n) is 11.9. The van der Waals surface area contributed by atoms with E-state index in [4.69, 9.17) is 9.72 Å². The molecule has 0 saturated carbocycles. The van der Waals surface area contributed by atoms with Crippen LogP contribution >= 0.6 is 11.3 Å². The summed E-state index contributed by atoms with van der Waals surface area (Å²) in [5, 5.41) is 0.766. The molecule has 5 rings (SSSR count). The Kier molecular flexibility index (Phi) is 6.74. The number of nitrogens with zero attached hydrogens (tertiary/aromatic N) is 4. The van der Waals surface area contributed by atoms with E-state index < -0.39 is 10.0 Å². The minimum Gasteiger partial charge on any atom is -0.465 e. The van der Waals surface area contributed by atoms with Crippen molar-refractivity contribution in [2.75, 3.05) is 39.3 Å². The van der Waals surface area contributed by atoms with Gasteiger partial charge >= 0.3 is 6.01 Å². The molecule has 3 aromatic rings. The molecular weight excluding hydrogens is 472 g/mol. The van der Waals surface area contributed by atoms with Crippen LogP contribution in [0.1, 0.15) is 30.2 Å². The van der Waals surface area contributed by atoms with Crippen LogP contribution in [0.3, 0.4) is 0 Å². The number of hydrogen-bond donors (Lipinski definition) is 0. The summed E-state index contributed by atoms with van der Waals surface area (Å²) < 4.78 is 34.7. The van der Waals surface area contributed by atoms with Gasteiger partial charge in [0, 0.05) is 44.1 Å². The molecule has 34 heavy (non-hydrogen) atoms. The van der Waals surface area contributed by atoms with E-state index in [1.54, 1.807) is 44.5 Å². The Hall–Kier alpha value is -2.27. The lowest BCUT2D eigenvalue weighted by atomic mass is 9.97. The Morgan fingerprint density at radius 3 is 2.50 bits per heavy atom. The first kappa shape index (κ1) is 23.5. The van der Waals surface area contributed by atoms with Gasteiger partial charge in [0.15, 0.2) is 0 Å². The molecule has 1 aliphatic heterocycles. The summed E-state index contributed by atoms with van der Waals surface area (Å²) in [6.45, 7) is 5.54. The van der Waals surface area contributed by atoms with Crippen molar-refractivity contribution in [2.45, 2.75) is 44.0 Å². The fourth-order valence-corrected chi connectivity index (χ4v) is 7.52. The third kappa shape index (κ3) is 4.39. The zero-order chi connectivity index (χ0) is 23.7. The molecule has 2 aliphatic rings. The minimum absolute atomic E-state index is 0.0156. The Morgan fingerprint density at radius 1 is 1.03 bits per heavy atom. The van der Waals surface area contributed by atoms with Crippen molar-refractivity contribution in [2.24, 2.45) is 0 Å². The van der Waals surface area contributed by atoms with E-state index in [1.165, 1.54) is 10.4 Å². The fraction of sp³-hybridized carbons (Fsp3) is 0.500. The zero-order valence-electron chi connectivity index (χ0n) is 19.4. The Balaban J connectivity index is 1.31. The van der Waals surface area contributed by atoms with Crippen LogP contribution in [0.2, 0.25) is 0 Å². The largest absolute Gasteiger partial charge is 0.465 e.